The molecule has 4 saturated carbocycles. The predicted octanol–water partition coefficient (Wildman–Crippen LogP) is 6.29. The standard InChI is InChI=1S/C54H74N2O11/c1-50-22-20-41-52-30-64-43(59)27-42(52)66-51(2,35-16-7-4-8-17-35)45(52)44(60)46(61)53(41,36-18-11-14-33(25-36)24-32-12-5-3-6-13-32)54(50)48(67-54)49(62)65-47(50)38-21-23-63-40(38)26-34(39(58)29-57)15-9-10-19-37-28-55-31-56-37/h3,5-6,12-13,21,23,33-37,39,41-42,45-48,55-58,61H,4,7-11,14-20,22,24-31H2,1-2H3. The van der Waals surface area contributed by atoms with Gasteiger partial charge in [0.05, 0.1) is 43.0 Å². The summed E-state index contributed by atoms with van der Waals surface area (Å²) in [5, 5.41) is 42.0. The molecule has 1 aromatic heterocycles. The third-order valence-corrected chi connectivity index (χ3v) is 20.0. The molecule has 1 aromatic carbocycles. The summed E-state index contributed by atoms with van der Waals surface area (Å²) in [7, 11) is 0. The van der Waals surface area contributed by atoms with E-state index in [9.17, 15) is 24.9 Å². The van der Waals surface area contributed by atoms with Crippen LogP contribution in [-0.4, -0.2) is 101 Å². The van der Waals surface area contributed by atoms with Crippen LogP contribution in [0.1, 0.15) is 140 Å². The van der Waals surface area contributed by atoms with Crippen LogP contribution in [0.2, 0.25) is 0 Å². The number of ketones is 1. The van der Waals surface area contributed by atoms with E-state index in [1.165, 1.54) is 5.56 Å². The number of furan rings is 1. The SMILES string of the molecule is CC1(C2CCCCC2)OC2CC(=O)OCC23C1C(=O)C(O)C1(C2CCCC(Cc4ccccc4)C2)C3CCC2(C)C(c3ccoc3CC(CCCCC3CNCN3)C(O)CO)OC(=O)C3OC321. The first-order valence-electron chi connectivity index (χ1n) is 26.2. The second-order valence-electron chi connectivity index (χ2n) is 23.1. The fourth-order valence-corrected chi connectivity index (χ4v) is 17.2. The molecule has 67 heavy (non-hydrogen) atoms. The van der Waals surface area contributed by atoms with Gasteiger partial charge in [-0.15, -0.1) is 0 Å². The lowest BCUT2D eigenvalue weighted by atomic mass is 9.32. The lowest BCUT2D eigenvalue weighted by molar-refractivity contribution is -0.276. The molecule has 11 rings (SSSR count). The van der Waals surface area contributed by atoms with E-state index in [0.29, 0.717) is 43.0 Å². The minimum atomic E-state index is -1.46. The van der Waals surface area contributed by atoms with E-state index in [0.717, 1.165) is 96.7 Å². The van der Waals surface area contributed by atoms with Crippen molar-refractivity contribution in [1.29, 1.82) is 0 Å². The lowest BCUT2D eigenvalue weighted by Gasteiger charge is -2.70. The summed E-state index contributed by atoms with van der Waals surface area (Å²) in [5.41, 5.74) is -3.32. The molecular weight excluding hydrogens is 853 g/mol. The van der Waals surface area contributed by atoms with Crippen LogP contribution in [0.15, 0.2) is 47.1 Å². The summed E-state index contributed by atoms with van der Waals surface area (Å²) in [6, 6.07) is 12.8. The number of ether oxygens (including phenoxy) is 4. The molecule has 16 atom stereocenters. The van der Waals surface area contributed by atoms with E-state index in [4.69, 9.17) is 23.4 Å². The number of unbranched alkanes of at least 4 members (excludes halogenated alkanes) is 1. The number of esters is 2. The largest absolute Gasteiger partial charge is 0.469 e. The average Bonchev–Trinajstić information content (AvgIpc) is 3.57. The van der Waals surface area contributed by atoms with Gasteiger partial charge in [-0.25, -0.2) is 4.79 Å². The number of fused-ring (bicyclic) bond motifs is 1. The third kappa shape index (κ3) is 6.96. The Morgan fingerprint density at radius 3 is 2.49 bits per heavy atom. The first-order chi connectivity index (χ1) is 32.4. The molecule has 366 valence electrons. The van der Waals surface area contributed by atoms with Gasteiger partial charge in [-0.3, -0.25) is 9.59 Å². The first kappa shape index (κ1) is 46.2. The van der Waals surface area contributed by atoms with E-state index < -0.39 is 69.9 Å². The van der Waals surface area contributed by atoms with Crippen molar-refractivity contribution < 1.29 is 53.1 Å². The minimum absolute atomic E-state index is 0.0361. The average molecular weight is 927 g/mol. The van der Waals surface area contributed by atoms with E-state index in [1.807, 2.05) is 12.1 Å². The number of aliphatic hydroxyl groups is 3. The van der Waals surface area contributed by atoms with Crippen molar-refractivity contribution in [3.8, 4) is 0 Å². The van der Waals surface area contributed by atoms with Crippen molar-refractivity contribution in [2.75, 3.05) is 26.4 Å². The predicted molar refractivity (Wildman–Crippen MR) is 245 cm³/mol. The van der Waals surface area contributed by atoms with E-state index in [1.54, 1.807) is 6.26 Å². The smallest absolute Gasteiger partial charge is 0.339 e. The normalized spacial score (nSPS) is 43.5. The van der Waals surface area contributed by atoms with Crippen molar-refractivity contribution in [1.82, 2.24) is 10.6 Å². The van der Waals surface area contributed by atoms with E-state index in [-0.39, 0.29) is 61.0 Å². The summed E-state index contributed by atoms with van der Waals surface area (Å²) < 4.78 is 33.6. The number of rotatable bonds is 14. The number of Topliss-reactive ketones (excluding diaryl/α,β-unsaturated/α-hetero) is 1. The Balaban J connectivity index is 1.01. The van der Waals surface area contributed by atoms with Crippen LogP contribution in [0.3, 0.4) is 0 Å². The Morgan fingerprint density at radius 2 is 1.72 bits per heavy atom. The molecule has 0 amide bonds. The molecule has 5 saturated heterocycles. The number of epoxide rings is 1. The van der Waals surface area contributed by atoms with Crippen LogP contribution in [0.25, 0.3) is 0 Å². The molecular formula is C54H74N2O11. The van der Waals surface area contributed by atoms with Crippen molar-refractivity contribution in [2.24, 2.45) is 51.8 Å². The molecule has 5 aliphatic heterocycles. The molecule has 9 fully saturated rings. The quantitative estimate of drug-likeness (QED) is 0.0809. The monoisotopic (exact) mass is 927 g/mol. The lowest BCUT2D eigenvalue weighted by Crippen LogP contribution is -2.79. The maximum Gasteiger partial charge on any atom is 0.339 e. The van der Waals surface area contributed by atoms with Crippen molar-refractivity contribution in [2.45, 2.75) is 177 Å². The van der Waals surface area contributed by atoms with Gasteiger partial charge in [-0.2, -0.15) is 0 Å². The summed E-state index contributed by atoms with van der Waals surface area (Å²) in [6.07, 6.45) is 11.2. The molecule has 4 aliphatic carbocycles. The first-order valence-corrected chi connectivity index (χ1v) is 26.2. The number of carbonyl (C=O) groups excluding carboxylic acids is 3. The Kier molecular flexibility index (Phi) is 12.1. The van der Waals surface area contributed by atoms with Gasteiger partial charge in [0, 0.05) is 47.5 Å². The van der Waals surface area contributed by atoms with Crippen LogP contribution in [0.4, 0.5) is 0 Å². The van der Waals surface area contributed by atoms with E-state index >= 15 is 4.79 Å². The van der Waals surface area contributed by atoms with Crippen molar-refractivity contribution in [3.63, 3.8) is 0 Å². The molecule has 13 nitrogen and oxygen atoms in total. The van der Waals surface area contributed by atoms with Crippen LogP contribution in [0, 0.1) is 51.8 Å². The zero-order valence-corrected chi connectivity index (χ0v) is 39.6. The number of hydrogen-bond acceptors (Lipinski definition) is 13. The van der Waals surface area contributed by atoms with Gasteiger partial charge in [-0.1, -0.05) is 82.2 Å². The minimum Gasteiger partial charge on any atom is -0.469 e. The molecule has 9 aliphatic rings. The van der Waals surface area contributed by atoms with E-state index in [2.05, 4.69) is 48.7 Å². The summed E-state index contributed by atoms with van der Waals surface area (Å²) in [6.45, 7) is 5.64. The second kappa shape index (κ2) is 17.6. The molecule has 6 heterocycles. The number of nitrogens with one attached hydrogen (secondary N) is 2. The Morgan fingerprint density at radius 1 is 0.910 bits per heavy atom. The fraction of sp³-hybridized carbons (Fsp3) is 0.759. The maximum atomic E-state index is 16.1. The number of aliphatic hydroxyl groups excluding tert-OH is 3. The third-order valence-electron chi connectivity index (χ3n) is 20.0. The summed E-state index contributed by atoms with van der Waals surface area (Å²) >= 11 is 0. The molecule has 13 heteroatoms. The highest BCUT2D eigenvalue weighted by Gasteiger charge is 2.93. The molecule has 2 spiro atoms. The molecule has 5 N–H and O–H groups in total. The zero-order chi connectivity index (χ0) is 46.3. The molecule has 0 bridgehead atoms. The highest BCUT2D eigenvalue weighted by molar-refractivity contribution is 5.92. The highest BCUT2D eigenvalue weighted by Crippen LogP contribution is 2.83. The number of carbonyl (C=O) groups is 3. The highest BCUT2D eigenvalue weighted by atomic mass is 16.7. The van der Waals surface area contributed by atoms with Gasteiger partial charge >= 0.3 is 11.9 Å². The zero-order valence-electron chi connectivity index (χ0n) is 39.6. The van der Waals surface area contributed by atoms with Crippen LogP contribution in [-0.2, 0) is 46.2 Å². The summed E-state index contributed by atoms with van der Waals surface area (Å²) in [4.78, 5) is 44.5. The fourth-order valence-electron chi connectivity index (χ4n) is 17.2. The Bertz CT molecular complexity index is 2160. The van der Waals surface area contributed by atoms with Crippen LogP contribution >= 0.6 is 0 Å². The van der Waals surface area contributed by atoms with Crippen LogP contribution < -0.4 is 10.6 Å². The van der Waals surface area contributed by atoms with Gasteiger partial charge in [0.25, 0.3) is 0 Å². The molecule has 16 unspecified atom stereocenters. The van der Waals surface area contributed by atoms with Gasteiger partial charge in [0.15, 0.2) is 11.9 Å². The Hall–Kier alpha value is -3.17. The number of hydrogen-bond donors (Lipinski definition) is 5. The maximum absolute atomic E-state index is 16.1. The van der Waals surface area contributed by atoms with Gasteiger partial charge in [-0.05, 0) is 106 Å². The van der Waals surface area contributed by atoms with Crippen molar-refractivity contribution >= 4 is 17.7 Å². The molecule has 0 radical (unpaired) electrons. The summed E-state index contributed by atoms with van der Waals surface area (Å²) in [5.74, 6) is -1.68. The molecule has 2 aromatic rings. The topological polar surface area (TPSA) is 189 Å². The number of benzene rings is 1. The van der Waals surface area contributed by atoms with Crippen molar-refractivity contribution in [3.05, 3.63) is 59.5 Å². The van der Waals surface area contributed by atoms with Gasteiger partial charge in [0.2, 0.25) is 0 Å². The second-order valence-corrected chi connectivity index (χ2v) is 23.1. The number of cyclic esters (lactones) is 2. The Labute approximate surface area is 395 Å². The van der Waals surface area contributed by atoms with Gasteiger partial charge in [0.1, 0.15) is 30.2 Å². The van der Waals surface area contributed by atoms with Crippen LogP contribution in [0.5, 0.6) is 0 Å². The van der Waals surface area contributed by atoms with Gasteiger partial charge < -0.3 is 49.3 Å².